The number of carbonyl (C=O) groups is 2. The lowest BCUT2D eigenvalue weighted by molar-refractivity contribution is -0.146. The summed E-state index contributed by atoms with van der Waals surface area (Å²) in [7, 11) is 0. The first-order chi connectivity index (χ1) is 14.1. The second-order valence-corrected chi connectivity index (χ2v) is 9.28. The van der Waals surface area contributed by atoms with Crippen molar-refractivity contribution in [2.45, 2.75) is 65.5 Å². The Morgan fingerprint density at radius 1 is 1.27 bits per heavy atom. The van der Waals surface area contributed by atoms with E-state index in [1.165, 1.54) is 5.56 Å². The van der Waals surface area contributed by atoms with Gasteiger partial charge in [0.2, 0.25) is 0 Å². The number of H-pyrrole nitrogens is 1. The van der Waals surface area contributed by atoms with Gasteiger partial charge in [-0.05, 0) is 43.6 Å². The fourth-order valence-electron chi connectivity index (χ4n) is 3.93. The molecule has 3 N–H and O–H groups in total. The minimum absolute atomic E-state index is 0.176. The highest BCUT2D eigenvalue weighted by Crippen LogP contribution is 2.33. The number of ether oxygens (including phenoxy) is 1. The Hall–Kier alpha value is -2.83. The fourth-order valence-corrected chi connectivity index (χ4v) is 3.93. The molecule has 0 radical (unpaired) electrons. The number of likely N-dealkylation sites (tertiary alicyclic amines) is 1. The lowest BCUT2D eigenvalue weighted by Gasteiger charge is -2.37. The highest BCUT2D eigenvalue weighted by Gasteiger charge is 2.37. The van der Waals surface area contributed by atoms with Gasteiger partial charge in [-0.3, -0.25) is 4.79 Å². The average molecular weight is 413 g/mol. The van der Waals surface area contributed by atoms with Crippen LogP contribution in [-0.4, -0.2) is 39.5 Å². The van der Waals surface area contributed by atoms with E-state index >= 15 is 0 Å². The Morgan fingerprint density at radius 3 is 2.60 bits per heavy atom. The van der Waals surface area contributed by atoms with Crippen LogP contribution in [0.2, 0.25) is 0 Å². The zero-order valence-corrected chi connectivity index (χ0v) is 18.3. The standard InChI is InChI=1S/C23H32N4O3/c1-15-8-10-16(11-9-15)17-14-25-20(26-17)18-7-5-6-12-27(18)21(28)19(30-22(24)29)13-23(2,3)4/h8-11,14,18-19H,5-7,12-13H2,1-4H3,(H2,24,29)(H,25,26). The molecule has 162 valence electrons. The molecule has 7 heteroatoms. The molecule has 1 aromatic carbocycles. The molecule has 2 aromatic rings. The van der Waals surface area contributed by atoms with Gasteiger partial charge < -0.3 is 20.4 Å². The Labute approximate surface area is 178 Å². The number of piperidine rings is 1. The molecular formula is C23H32N4O3. The Bertz CT molecular complexity index is 883. The van der Waals surface area contributed by atoms with Crippen molar-refractivity contribution in [3.05, 3.63) is 41.9 Å². The normalized spacial score (nSPS) is 18.1. The van der Waals surface area contributed by atoms with E-state index in [1.807, 2.05) is 27.0 Å². The third-order valence-electron chi connectivity index (χ3n) is 5.39. The van der Waals surface area contributed by atoms with Gasteiger partial charge >= 0.3 is 6.09 Å². The SMILES string of the molecule is Cc1ccc(-c2cnc(C3CCCCN3C(=O)C(CC(C)(C)C)OC(N)=O)[nH]2)cc1. The van der Waals surface area contributed by atoms with Gasteiger partial charge in [0, 0.05) is 6.54 Å². The lowest BCUT2D eigenvalue weighted by Crippen LogP contribution is -2.47. The van der Waals surface area contributed by atoms with E-state index in [0.29, 0.717) is 13.0 Å². The van der Waals surface area contributed by atoms with Crippen LogP contribution in [0.3, 0.4) is 0 Å². The molecule has 2 heterocycles. The van der Waals surface area contributed by atoms with Crippen LogP contribution in [-0.2, 0) is 9.53 Å². The molecule has 1 aliphatic rings. The number of amides is 2. The fraction of sp³-hybridized carbons (Fsp3) is 0.522. The van der Waals surface area contributed by atoms with Crippen molar-refractivity contribution in [2.24, 2.45) is 11.1 Å². The van der Waals surface area contributed by atoms with Crippen molar-refractivity contribution in [3.8, 4) is 11.3 Å². The van der Waals surface area contributed by atoms with E-state index in [9.17, 15) is 9.59 Å². The Morgan fingerprint density at radius 2 is 1.97 bits per heavy atom. The summed E-state index contributed by atoms with van der Waals surface area (Å²) >= 11 is 0. The maximum atomic E-state index is 13.4. The van der Waals surface area contributed by atoms with Crippen LogP contribution in [0.1, 0.15) is 63.9 Å². The highest BCUT2D eigenvalue weighted by atomic mass is 16.6. The van der Waals surface area contributed by atoms with Crippen LogP contribution in [0.15, 0.2) is 30.5 Å². The predicted molar refractivity (Wildman–Crippen MR) is 116 cm³/mol. The first-order valence-electron chi connectivity index (χ1n) is 10.5. The molecule has 30 heavy (non-hydrogen) atoms. The molecule has 2 atom stereocenters. The van der Waals surface area contributed by atoms with Crippen LogP contribution in [0, 0.1) is 12.3 Å². The minimum Gasteiger partial charge on any atom is -0.436 e. The first kappa shape index (κ1) is 21.9. The molecule has 0 aliphatic carbocycles. The molecule has 0 spiro atoms. The number of rotatable bonds is 5. The van der Waals surface area contributed by atoms with Gasteiger partial charge in [-0.2, -0.15) is 0 Å². The molecule has 0 saturated carbocycles. The Kier molecular flexibility index (Phi) is 6.48. The number of aryl methyl sites for hydroxylation is 1. The number of benzene rings is 1. The van der Waals surface area contributed by atoms with Crippen LogP contribution in [0.4, 0.5) is 4.79 Å². The van der Waals surface area contributed by atoms with Gasteiger partial charge in [0.25, 0.3) is 5.91 Å². The summed E-state index contributed by atoms with van der Waals surface area (Å²) < 4.78 is 5.23. The number of hydrogen-bond donors (Lipinski definition) is 2. The number of nitrogens with zero attached hydrogens (tertiary/aromatic N) is 2. The molecule has 3 rings (SSSR count). The molecular weight excluding hydrogens is 380 g/mol. The smallest absolute Gasteiger partial charge is 0.405 e. The van der Waals surface area contributed by atoms with E-state index in [4.69, 9.17) is 10.5 Å². The van der Waals surface area contributed by atoms with Crippen LogP contribution in [0.25, 0.3) is 11.3 Å². The van der Waals surface area contributed by atoms with Crippen LogP contribution < -0.4 is 5.73 Å². The summed E-state index contributed by atoms with van der Waals surface area (Å²) in [4.78, 5) is 34.6. The third kappa shape index (κ3) is 5.40. The maximum absolute atomic E-state index is 13.4. The highest BCUT2D eigenvalue weighted by molar-refractivity contribution is 5.83. The number of aromatic nitrogens is 2. The molecule has 0 bridgehead atoms. The predicted octanol–water partition coefficient (Wildman–Crippen LogP) is 4.34. The minimum atomic E-state index is -0.925. The summed E-state index contributed by atoms with van der Waals surface area (Å²) in [6.45, 7) is 8.67. The number of hydrogen-bond acceptors (Lipinski definition) is 4. The van der Waals surface area contributed by atoms with Gasteiger partial charge in [0.1, 0.15) is 5.82 Å². The quantitative estimate of drug-likeness (QED) is 0.763. The first-order valence-corrected chi connectivity index (χ1v) is 10.5. The molecule has 7 nitrogen and oxygen atoms in total. The number of aromatic amines is 1. The maximum Gasteiger partial charge on any atom is 0.405 e. The molecule has 1 aliphatic heterocycles. The summed E-state index contributed by atoms with van der Waals surface area (Å²) in [6, 6.07) is 8.05. The van der Waals surface area contributed by atoms with Crippen LogP contribution in [0.5, 0.6) is 0 Å². The van der Waals surface area contributed by atoms with Crippen molar-refractivity contribution >= 4 is 12.0 Å². The largest absolute Gasteiger partial charge is 0.436 e. The number of imidazole rings is 1. The third-order valence-corrected chi connectivity index (χ3v) is 5.39. The van der Waals surface area contributed by atoms with E-state index < -0.39 is 12.2 Å². The summed E-state index contributed by atoms with van der Waals surface area (Å²) in [6.07, 6.45) is 3.13. The van der Waals surface area contributed by atoms with Gasteiger partial charge in [-0.25, -0.2) is 9.78 Å². The second kappa shape index (κ2) is 8.90. The topological polar surface area (TPSA) is 101 Å². The van der Waals surface area contributed by atoms with Crippen molar-refractivity contribution in [2.75, 3.05) is 6.54 Å². The molecule has 1 fully saturated rings. The van der Waals surface area contributed by atoms with Crippen molar-refractivity contribution < 1.29 is 14.3 Å². The lowest BCUT2D eigenvalue weighted by atomic mass is 9.88. The van der Waals surface area contributed by atoms with Gasteiger partial charge in [-0.15, -0.1) is 0 Å². The van der Waals surface area contributed by atoms with Gasteiger partial charge in [0.05, 0.1) is 17.9 Å². The number of primary amides is 1. The molecule has 1 saturated heterocycles. The molecule has 1 aromatic heterocycles. The number of nitrogens with two attached hydrogens (primary N) is 1. The second-order valence-electron chi connectivity index (χ2n) is 9.28. The van der Waals surface area contributed by atoms with E-state index in [1.54, 1.807) is 4.90 Å². The monoisotopic (exact) mass is 412 g/mol. The number of nitrogens with one attached hydrogen (secondary N) is 1. The van der Waals surface area contributed by atoms with Crippen LogP contribution >= 0.6 is 0 Å². The Balaban J connectivity index is 1.84. The van der Waals surface area contributed by atoms with Gasteiger partial charge in [-0.1, -0.05) is 50.6 Å². The number of carbonyl (C=O) groups excluding carboxylic acids is 2. The van der Waals surface area contributed by atoms with E-state index in [2.05, 4.69) is 41.2 Å². The van der Waals surface area contributed by atoms with Gasteiger partial charge in [0.15, 0.2) is 6.10 Å². The summed E-state index contributed by atoms with van der Waals surface area (Å²) in [5.41, 5.74) is 8.23. The summed E-state index contributed by atoms with van der Waals surface area (Å²) in [5, 5.41) is 0. The summed E-state index contributed by atoms with van der Waals surface area (Å²) in [5.74, 6) is 0.550. The van der Waals surface area contributed by atoms with Crippen molar-refractivity contribution in [1.82, 2.24) is 14.9 Å². The average Bonchev–Trinajstić information content (AvgIpc) is 3.16. The zero-order chi connectivity index (χ0) is 21.9. The van der Waals surface area contributed by atoms with Crippen molar-refractivity contribution in [1.29, 1.82) is 0 Å². The van der Waals surface area contributed by atoms with E-state index in [0.717, 1.165) is 36.3 Å². The van der Waals surface area contributed by atoms with E-state index in [-0.39, 0.29) is 17.4 Å². The van der Waals surface area contributed by atoms with Crippen molar-refractivity contribution in [3.63, 3.8) is 0 Å². The molecule has 2 unspecified atom stereocenters. The zero-order valence-electron chi connectivity index (χ0n) is 18.3. The molecule has 2 amide bonds.